The first-order valence-corrected chi connectivity index (χ1v) is 12.9. The lowest BCUT2D eigenvalue weighted by Crippen LogP contribution is -2.41. The van der Waals surface area contributed by atoms with Crippen molar-refractivity contribution in [3.05, 3.63) is 58.4 Å². The number of carboxylic acids is 1. The molecule has 1 saturated heterocycles. The zero-order chi connectivity index (χ0) is 23.8. The minimum atomic E-state index is -0.703. The molecule has 0 radical (unpaired) electrons. The summed E-state index contributed by atoms with van der Waals surface area (Å²) in [5, 5.41) is 12.5. The fourth-order valence-electron chi connectivity index (χ4n) is 4.99. The summed E-state index contributed by atoms with van der Waals surface area (Å²) in [5.41, 5.74) is 2.29. The second kappa shape index (κ2) is 12.0. The van der Waals surface area contributed by atoms with Gasteiger partial charge in [0, 0.05) is 24.5 Å². The molecule has 6 heteroatoms. The topological polar surface area (TPSA) is 62.7 Å². The lowest BCUT2D eigenvalue weighted by molar-refractivity contribution is -0.137. The van der Waals surface area contributed by atoms with Crippen molar-refractivity contribution in [2.24, 2.45) is 11.8 Å². The zero-order valence-electron chi connectivity index (χ0n) is 19.7. The van der Waals surface area contributed by atoms with Crippen LogP contribution in [-0.2, 0) is 11.2 Å². The summed E-state index contributed by atoms with van der Waals surface area (Å²) >= 11 is 1.66. The number of methoxy groups -OCH3 is 1. The molecule has 1 aromatic carbocycles. The van der Waals surface area contributed by atoms with E-state index < -0.39 is 5.97 Å². The van der Waals surface area contributed by atoms with Gasteiger partial charge in [-0.1, -0.05) is 17.9 Å². The average Bonchev–Trinajstić information content (AvgIpc) is 3.37. The van der Waals surface area contributed by atoms with Gasteiger partial charge in [0.2, 0.25) is 0 Å². The van der Waals surface area contributed by atoms with Crippen LogP contribution in [0.4, 0.5) is 0 Å². The Balaban J connectivity index is 1.35. The van der Waals surface area contributed by atoms with Crippen molar-refractivity contribution in [1.82, 2.24) is 9.88 Å². The zero-order valence-corrected chi connectivity index (χ0v) is 20.5. The molecule has 34 heavy (non-hydrogen) atoms. The van der Waals surface area contributed by atoms with Crippen molar-refractivity contribution in [2.75, 3.05) is 26.7 Å². The Morgan fingerprint density at radius 3 is 2.97 bits per heavy atom. The Labute approximate surface area is 205 Å². The fourth-order valence-corrected chi connectivity index (χ4v) is 5.58. The van der Waals surface area contributed by atoms with Crippen LogP contribution in [0.25, 0.3) is 10.9 Å². The third-order valence-electron chi connectivity index (χ3n) is 6.80. The molecule has 0 unspecified atom stereocenters. The summed E-state index contributed by atoms with van der Waals surface area (Å²) in [6, 6.07) is 12.2. The number of hydrogen-bond acceptors (Lipinski definition) is 5. The van der Waals surface area contributed by atoms with Crippen LogP contribution in [0.15, 0.2) is 48.0 Å². The summed E-state index contributed by atoms with van der Waals surface area (Å²) in [7, 11) is 1.69. The number of likely N-dealkylation sites (tertiary alicyclic amines) is 1. The van der Waals surface area contributed by atoms with E-state index in [-0.39, 0.29) is 6.42 Å². The summed E-state index contributed by atoms with van der Waals surface area (Å²) in [6.45, 7) is 2.72. The van der Waals surface area contributed by atoms with E-state index in [1.165, 1.54) is 5.56 Å². The molecule has 2 aromatic heterocycles. The molecule has 1 N–H and O–H groups in total. The number of nitrogens with zero attached hydrogens (tertiary/aromatic N) is 2. The SMILES string of the molecule is COc1ccc2nccc(CCC[C@@H]3CCN(CC#Cc4cccs4)C[C@@H]3CCC(=O)O)c2c1. The number of aryl methyl sites for hydroxylation is 1. The highest BCUT2D eigenvalue weighted by Gasteiger charge is 2.28. The van der Waals surface area contributed by atoms with Crippen LogP contribution in [0.1, 0.15) is 42.5 Å². The molecule has 3 aromatic rings. The van der Waals surface area contributed by atoms with Crippen LogP contribution < -0.4 is 4.74 Å². The van der Waals surface area contributed by atoms with E-state index in [1.807, 2.05) is 35.8 Å². The molecule has 0 saturated carbocycles. The van der Waals surface area contributed by atoms with Crippen molar-refractivity contribution in [3.63, 3.8) is 0 Å². The van der Waals surface area contributed by atoms with Crippen molar-refractivity contribution in [2.45, 2.75) is 38.5 Å². The maximum atomic E-state index is 11.3. The standard InChI is InChI=1S/C28H32N2O3S/c1-33-24-10-11-27-26(19-24)22(13-15-29-27)6-2-5-21-14-17-30(20-23(21)9-12-28(31)32)16-3-7-25-8-4-18-34-25/h4,8,10-11,13,15,18-19,21,23H,2,5-6,9,12,14,16-17,20H2,1H3,(H,31,32)/t21-,23+/m1/s1. The number of pyridine rings is 1. The van der Waals surface area contributed by atoms with Crippen molar-refractivity contribution in [3.8, 4) is 17.6 Å². The first-order chi connectivity index (χ1) is 16.6. The van der Waals surface area contributed by atoms with Gasteiger partial charge in [-0.3, -0.25) is 14.7 Å². The molecule has 1 aliphatic rings. The number of aliphatic carboxylic acids is 1. The van der Waals surface area contributed by atoms with Crippen molar-refractivity contribution < 1.29 is 14.6 Å². The van der Waals surface area contributed by atoms with Gasteiger partial charge in [0.1, 0.15) is 5.75 Å². The Hall–Kier alpha value is -2.88. The molecular formula is C28H32N2O3S. The van der Waals surface area contributed by atoms with Gasteiger partial charge in [-0.25, -0.2) is 0 Å². The normalized spacial score (nSPS) is 18.4. The van der Waals surface area contributed by atoms with Gasteiger partial charge in [-0.15, -0.1) is 11.3 Å². The maximum Gasteiger partial charge on any atom is 0.303 e. The molecule has 4 rings (SSSR count). The first-order valence-electron chi connectivity index (χ1n) is 12.0. The van der Waals surface area contributed by atoms with Gasteiger partial charge in [0.25, 0.3) is 0 Å². The smallest absolute Gasteiger partial charge is 0.303 e. The lowest BCUT2D eigenvalue weighted by atomic mass is 9.79. The van der Waals surface area contributed by atoms with E-state index in [4.69, 9.17) is 4.74 Å². The quantitative estimate of drug-likeness (QED) is 0.414. The van der Waals surface area contributed by atoms with Crippen molar-refractivity contribution >= 4 is 28.2 Å². The minimum absolute atomic E-state index is 0.241. The number of carbonyl (C=O) groups is 1. The molecule has 0 amide bonds. The van der Waals surface area contributed by atoms with E-state index in [0.717, 1.165) is 73.3 Å². The highest BCUT2D eigenvalue weighted by Crippen LogP contribution is 2.32. The van der Waals surface area contributed by atoms with Gasteiger partial charge < -0.3 is 9.84 Å². The average molecular weight is 477 g/mol. The number of benzene rings is 1. The van der Waals surface area contributed by atoms with E-state index in [9.17, 15) is 9.90 Å². The van der Waals surface area contributed by atoms with Crippen LogP contribution in [0, 0.1) is 23.7 Å². The van der Waals surface area contributed by atoms with E-state index in [1.54, 1.807) is 18.4 Å². The Morgan fingerprint density at radius 2 is 2.18 bits per heavy atom. The van der Waals surface area contributed by atoms with Gasteiger partial charge in [0.15, 0.2) is 0 Å². The summed E-state index contributed by atoms with van der Waals surface area (Å²) in [6.07, 6.45) is 7.17. The van der Waals surface area contributed by atoms with Gasteiger partial charge in [-0.05, 0) is 91.8 Å². The van der Waals surface area contributed by atoms with E-state index >= 15 is 0 Å². The summed E-state index contributed by atoms with van der Waals surface area (Å²) in [4.78, 5) is 19.2. The summed E-state index contributed by atoms with van der Waals surface area (Å²) in [5.74, 6) is 7.66. The van der Waals surface area contributed by atoms with Crippen molar-refractivity contribution in [1.29, 1.82) is 0 Å². The van der Waals surface area contributed by atoms with Gasteiger partial charge in [0.05, 0.1) is 24.0 Å². The predicted molar refractivity (Wildman–Crippen MR) is 137 cm³/mol. The molecule has 178 valence electrons. The second-order valence-electron chi connectivity index (χ2n) is 9.00. The number of aromatic nitrogens is 1. The third-order valence-corrected chi connectivity index (χ3v) is 7.59. The number of ether oxygens (including phenoxy) is 1. The van der Waals surface area contributed by atoms with Crippen LogP contribution in [0.5, 0.6) is 5.75 Å². The van der Waals surface area contributed by atoms with Crippen LogP contribution in [0.3, 0.4) is 0 Å². The van der Waals surface area contributed by atoms with Crippen LogP contribution >= 0.6 is 11.3 Å². The molecule has 0 aliphatic carbocycles. The second-order valence-corrected chi connectivity index (χ2v) is 9.95. The highest BCUT2D eigenvalue weighted by atomic mass is 32.1. The number of thiophene rings is 1. The lowest BCUT2D eigenvalue weighted by Gasteiger charge is -2.38. The van der Waals surface area contributed by atoms with E-state index in [0.29, 0.717) is 11.8 Å². The largest absolute Gasteiger partial charge is 0.497 e. The van der Waals surface area contributed by atoms with E-state index in [2.05, 4.69) is 33.9 Å². The number of fused-ring (bicyclic) bond motifs is 1. The number of carboxylic acid groups (broad SMARTS) is 1. The number of hydrogen-bond donors (Lipinski definition) is 1. The van der Waals surface area contributed by atoms with Gasteiger partial charge in [-0.2, -0.15) is 0 Å². The third kappa shape index (κ3) is 6.59. The number of rotatable bonds is 9. The maximum absolute atomic E-state index is 11.3. The highest BCUT2D eigenvalue weighted by molar-refractivity contribution is 7.10. The molecule has 1 aliphatic heterocycles. The molecule has 5 nitrogen and oxygen atoms in total. The predicted octanol–water partition coefficient (Wildman–Crippen LogP) is 5.48. The Bertz CT molecular complexity index is 1150. The molecule has 0 spiro atoms. The Morgan fingerprint density at radius 1 is 1.26 bits per heavy atom. The fraction of sp³-hybridized carbons (Fsp3) is 0.429. The Kier molecular flexibility index (Phi) is 8.56. The minimum Gasteiger partial charge on any atom is -0.497 e. The first kappa shape index (κ1) is 24.3. The van der Waals surface area contributed by atoms with Crippen LogP contribution in [-0.4, -0.2) is 47.7 Å². The number of piperidine rings is 1. The molecule has 1 fully saturated rings. The molecule has 0 bridgehead atoms. The van der Waals surface area contributed by atoms with Gasteiger partial charge >= 0.3 is 5.97 Å². The molecule has 2 atom stereocenters. The van der Waals surface area contributed by atoms with Crippen LogP contribution in [0.2, 0.25) is 0 Å². The molecular weight excluding hydrogens is 444 g/mol. The molecule has 3 heterocycles. The monoisotopic (exact) mass is 476 g/mol. The summed E-state index contributed by atoms with van der Waals surface area (Å²) < 4.78 is 5.41.